The van der Waals surface area contributed by atoms with Gasteiger partial charge in [-0.15, -0.1) is 0 Å². The zero-order valence-corrected chi connectivity index (χ0v) is 26.4. The largest absolute Gasteiger partial charge is 0.493 e. The molecule has 0 unspecified atom stereocenters. The summed E-state index contributed by atoms with van der Waals surface area (Å²) in [5, 5.41) is 14.0. The maximum atomic E-state index is 13.6. The van der Waals surface area contributed by atoms with Gasteiger partial charge in [-0.1, -0.05) is 50.2 Å². The molecule has 12 heteroatoms. The van der Waals surface area contributed by atoms with Crippen molar-refractivity contribution in [2.75, 3.05) is 26.8 Å². The first-order chi connectivity index (χ1) is 21.6. The van der Waals surface area contributed by atoms with Gasteiger partial charge in [0.25, 0.3) is 5.91 Å². The van der Waals surface area contributed by atoms with Crippen LogP contribution in [0.3, 0.4) is 0 Å². The molecular weight excluding hydrogens is 578 g/mol. The van der Waals surface area contributed by atoms with Crippen LogP contribution < -0.4 is 36.1 Å². The van der Waals surface area contributed by atoms with Crippen LogP contribution in [0.5, 0.6) is 11.5 Å². The summed E-state index contributed by atoms with van der Waals surface area (Å²) in [6, 6.07) is 11.9. The van der Waals surface area contributed by atoms with Gasteiger partial charge in [0.05, 0.1) is 7.11 Å². The SMILES string of the molecule is COc1ccc2cc1OCC(=O)NCCC[C@H](NC(C)=O)C(=O)N[C@@H](Cc1ccccc1)C(=O)N[C@H](C(C)C)C(=O)NCCC2. The predicted molar refractivity (Wildman–Crippen MR) is 169 cm³/mol. The van der Waals surface area contributed by atoms with Gasteiger partial charge in [-0.05, 0) is 54.9 Å². The molecule has 12 nitrogen and oxygen atoms in total. The number of hydrogen-bond acceptors (Lipinski definition) is 7. The number of hydrogen-bond donors (Lipinski definition) is 5. The van der Waals surface area contributed by atoms with Crippen molar-refractivity contribution in [1.29, 1.82) is 0 Å². The minimum absolute atomic E-state index is 0.178. The minimum Gasteiger partial charge on any atom is -0.493 e. The Morgan fingerprint density at radius 1 is 0.956 bits per heavy atom. The van der Waals surface area contributed by atoms with Crippen LogP contribution in [0.15, 0.2) is 48.5 Å². The van der Waals surface area contributed by atoms with E-state index in [-0.39, 0.29) is 43.7 Å². The molecule has 5 N–H and O–H groups in total. The summed E-state index contributed by atoms with van der Waals surface area (Å²) in [5.74, 6) is -1.47. The highest BCUT2D eigenvalue weighted by atomic mass is 16.5. The fourth-order valence-electron chi connectivity index (χ4n) is 4.97. The average Bonchev–Trinajstić information content (AvgIpc) is 3.01. The monoisotopic (exact) mass is 623 g/mol. The van der Waals surface area contributed by atoms with Gasteiger partial charge in [0, 0.05) is 26.4 Å². The van der Waals surface area contributed by atoms with E-state index >= 15 is 0 Å². The molecular formula is C33H45N5O7. The van der Waals surface area contributed by atoms with E-state index in [4.69, 9.17) is 9.47 Å². The molecule has 3 atom stereocenters. The zero-order valence-electron chi connectivity index (χ0n) is 26.4. The molecule has 3 rings (SSSR count). The summed E-state index contributed by atoms with van der Waals surface area (Å²) >= 11 is 0. The normalized spacial score (nSPS) is 21.0. The quantitative estimate of drug-likeness (QED) is 0.336. The van der Waals surface area contributed by atoms with Crippen molar-refractivity contribution >= 4 is 29.5 Å². The van der Waals surface area contributed by atoms with E-state index in [0.29, 0.717) is 37.3 Å². The smallest absolute Gasteiger partial charge is 0.257 e. The molecule has 1 aliphatic rings. The second-order valence-electron chi connectivity index (χ2n) is 11.4. The summed E-state index contributed by atoms with van der Waals surface area (Å²) in [7, 11) is 1.52. The number of aryl methyl sites for hydroxylation is 1. The lowest BCUT2D eigenvalue weighted by atomic mass is 10.0. The van der Waals surface area contributed by atoms with Crippen LogP contribution in [0.1, 0.15) is 51.2 Å². The fourth-order valence-corrected chi connectivity index (χ4v) is 4.97. The predicted octanol–water partition coefficient (Wildman–Crippen LogP) is 1.41. The summed E-state index contributed by atoms with van der Waals surface area (Å²) < 4.78 is 11.1. The van der Waals surface area contributed by atoms with Crippen LogP contribution in [0.2, 0.25) is 0 Å². The molecule has 45 heavy (non-hydrogen) atoms. The lowest BCUT2D eigenvalue weighted by Crippen LogP contribution is -2.58. The maximum Gasteiger partial charge on any atom is 0.257 e. The molecule has 1 aliphatic heterocycles. The second-order valence-corrected chi connectivity index (χ2v) is 11.4. The van der Waals surface area contributed by atoms with E-state index in [0.717, 1.165) is 11.1 Å². The van der Waals surface area contributed by atoms with E-state index in [1.165, 1.54) is 14.0 Å². The summed E-state index contributed by atoms with van der Waals surface area (Å²) in [6.45, 7) is 5.34. The van der Waals surface area contributed by atoms with E-state index in [1.54, 1.807) is 12.1 Å². The molecule has 0 saturated carbocycles. The van der Waals surface area contributed by atoms with E-state index in [2.05, 4.69) is 26.6 Å². The van der Waals surface area contributed by atoms with Gasteiger partial charge in [-0.2, -0.15) is 0 Å². The van der Waals surface area contributed by atoms with Gasteiger partial charge in [-0.3, -0.25) is 24.0 Å². The number of benzene rings is 2. The van der Waals surface area contributed by atoms with Gasteiger partial charge in [0.1, 0.15) is 18.1 Å². The van der Waals surface area contributed by atoms with Gasteiger partial charge in [0.15, 0.2) is 18.1 Å². The third-order valence-corrected chi connectivity index (χ3v) is 7.38. The number of ether oxygens (including phenoxy) is 2. The average molecular weight is 624 g/mol. The number of carbonyl (C=O) groups excluding carboxylic acids is 5. The number of nitrogens with one attached hydrogen (secondary N) is 5. The zero-order chi connectivity index (χ0) is 32.8. The molecule has 0 radical (unpaired) electrons. The van der Waals surface area contributed by atoms with Crippen molar-refractivity contribution in [3.05, 3.63) is 59.7 Å². The van der Waals surface area contributed by atoms with Gasteiger partial charge in [-0.25, -0.2) is 0 Å². The second kappa shape index (κ2) is 17.6. The number of fused-ring (bicyclic) bond motifs is 2. The van der Waals surface area contributed by atoms with Crippen LogP contribution in [-0.2, 0) is 36.8 Å². The topological polar surface area (TPSA) is 164 Å². The van der Waals surface area contributed by atoms with E-state index in [1.807, 2.05) is 50.2 Å². The minimum atomic E-state index is -1.01. The molecule has 2 aromatic carbocycles. The van der Waals surface area contributed by atoms with E-state index < -0.39 is 35.8 Å². The molecule has 2 aromatic rings. The van der Waals surface area contributed by atoms with Crippen molar-refractivity contribution in [3.63, 3.8) is 0 Å². The number of amides is 5. The Hall–Kier alpha value is -4.61. The summed E-state index contributed by atoms with van der Waals surface area (Å²) in [4.78, 5) is 64.7. The highest BCUT2D eigenvalue weighted by Crippen LogP contribution is 2.28. The van der Waals surface area contributed by atoms with Crippen LogP contribution in [0, 0.1) is 5.92 Å². The first-order valence-corrected chi connectivity index (χ1v) is 15.3. The van der Waals surface area contributed by atoms with Gasteiger partial charge < -0.3 is 36.1 Å². The van der Waals surface area contributed by atoms with Crippen LogP contribution in [-0.4, -0.2) is 74.5 Å². The van der Waals surface area contributed by atoms with Crippen LogP contribution in [0.4, 0.5) is 0 Å². The molecule has 244 valence electrons. The molecule has 0 aliphatic carbocycles. The van der Waals surface area contributed by atoms with E-state index in [9.17, 15) is 24.0 Å². The van der Waals surface area contributed by atoms with Crippen LogP contribution >= 0.6 is 0 Å². The summed E-state index contributed by atoms with van der Waals surface area (Å²) in [6.07, 6.45) is 2.00. The third-order valence-electron chi connectivity index (χ3n) is 7.38. The third kappa shape index (κ3) is 11.4. The Kier molecular flexibility index (Phi) is 13.7. The van der Waals surface area contributed by atoms with Crippen molar-refractivity contribution in [1.82, 2.24) is 26.6 Å². The highest BCUT2D eigenvalue weighted by Gasteiger charge is 2.31. The molecule has 1 heterocycles. The fraction of sp³-hybridized carbons (Fsp3) is 0.485. The first kappa shape index (κ1) is 34.9. The first-order valence-electron chi connectivity index (χ1n) is 15.3. The molecule has 0 spiro atoms. The molecule has 0 fully saturated rings. The Balaban J connectivity index is 1.85. The van der Waals surface area contributed by atoms with Gasteiger partial charge in [0.2, 0.25) is 23.6 Å². The summed E-state index contributed by atoms with van der Waals surface area (Å²) in [5.41, 5.74) is 1.76. The molecule has 0 aromatic heterocycles. The van der Waals surface area contributed by atoms with Crippen molar-refractivity contribution in [2.45, 2.75) is 71.0 Å². The molecule has 2 bridgehead atoms. The highest BCUT2D eigenvalue weighted by molar-refractivity contribution is 5.94. The lowest BCUT2D eigenvalue weighted by molar-refractivity contribution is -0.134. The van der Waals surface area contributed by atoms with Crippen LogP contribution in [0.25, 0.3) is 0 Å². The standard InChI is InChI=1S/C33H45N5O7/c1-21(2)30-33(43)35-17-8-12-24-14-15-27(44-4)28(19-24)45-20-29(40)34-16-9-13-25(36-22(3)39)31(41)37-26(32(42)38-30)18-23-10-6-5-7-11-23/h5-7,10-11,14-15,19,21,25-26,30H,8-9,12-13,16-18,20H2,1-4H3,(H,34,40)(H,35,43)(H,36,39)(H,37,41)(H,38,42)/t25-,26-,30+/m0/s1. The van der Waals surface area contributed by atoms with Crippen molar-refractivity contribution < 1.29 is 33.4 Å². The lowest BCUT2D eigenvalue weighted by Gasteiger charge is -2.27. The molecule has 0 saturated heterocycles. The Morgan fingerprint density at radius 3 is 2.38 bits per heavy atom. The number of methoxy groups -OCH3 is 1. The Morgan fingerprint density at radius 2 is 1.69 bits per heavy atom. The number of rotatable bonds is 5. The number of carbonyl (C=O) groups is 5. The Labute approximate surface area is 264 Å². The van der Waals surface area contributed by atoms with Crippen molar-refractivity contribution in [3.8, 4) is 11.5 Å². The van der Waals surface area contributed by atoms with Gasteiger partial charge >= 0.3 is 0 Å². The Bertz CT molecular complexity index is 1320. The maximum absolute atomic E-state index is 13.6. The van der Waals surface area contributed by atoms with Crippen molar-refractivity contribution in [2.24, 2.45) is 5.92 Å². The molecule has 5 amide bonds.